The second-order valence-corrected chi connectivity index (χ2v) is 8.00. The monoisotopic (exact) mass is 456 g/mol. The summed E-state index contributed by atoms with van der Waals surface area (Å²) in [6.45, 7) is 6.14. The molecule has 7 nitrogen and oxygen atoms in total. The minimum Gasteiger partial charge on any atom is -0.493 e. The summed E-state index contributed by atoms with van der Waals surface area (Å²) in [5, 5.41) is 13.7. The zero-order valence-electron chi connectivity index (χ0n) is 20.6. The molecule has 0 amide bonds. The van der Waals surface area contributed by atoms with E-state index in [9.17, 15) is 5.26 Å². The summed E-state index contributed by atoms with van der Waals surface area (Å²) in [6.07, 6.45) is 1.53. The van der Waals surface area contributed by atoms with Gasteiger partial charge in [-0.25, -0.2) is 0 Å². The van der Waals surface area contributed by atoms with Gasteiger partial charge >= 0.3 is 0 Å². The number of ether oxygens (including phenoxy) is 5. The van der Waals surface area contributed by atoms with E-state index in [1.54, 1.807) is 28.4 Å². The smallest absolute Gasteiger partial charge is 0.203 e. The lowest BCUT2D eigenvalue weighted by Gasteiger charge is -2.32. The second kappa shape index (κ2) is 12.8. The summed E-state index contributed by atoms with van der Waals surface area (Å²) in [5.41, 5.74) is 0.191. The number of nitriles is 1. The normalized spacial score (nSPS) is 12.5. The van der Waals surface area contributed by atoms with E-state index in [1.165, 1.54) is 0 Å². The van der Waals surface area contributed by atoms with Crippen molar-refractivity contribution < 1.29 is 23.7 Å². The van der Waals surface area contributed by atoms with Gasteiger partial charge in [0.15, 0.2) is 23.0 Å². The largest absolute Gasteiger partial charge is 0.493 e. The minimum absolute atomic E-state index is 0.0965. The molecule has 0 radical (unpaired) electrons. The maximum atomic E-state index is 10.3. The third-order valence-electron chi connectivity index (χ3n) is 5.90. The first-order valence-electron chi connectivity index (χ1n) is 11.2. The van der Waals surface area contributed by atoms with Gasteiger partial charge in [-0.15, -0.1) is 0 Å². The van der Waals surface area contributed by atoms with E-state index in [0.29, 0.717) is 36.8 Å². The highest BCUT2D eigenvalue weighted by molar-refractivity contribution is 5.56. The van der Waals surface area contributed by atoms with Crippen molar-refractivity contribution in [2.75, 3.05) is 48.1 Å². The molecule has 0 aliphatic heterocycles. The molecule has 0 saturated carbocycles. The molecular formula is C26H36N2O5. The maximum absolute atomic E-state index is 10.3. The third-order valence-corrected chi connectivity index (χ3v) is 5.90. The molecule has 1 unspecified atom stereocenters. The Kier molecular flexibility index (Phi) is 10.1. The lowest BCUT2D eigenvalue weighted by molar-refractivity contribution is 0.289. The SMILES string of the molecule is COc1ccccc1OCCNCCCC(C#N)(c1cc(OC)c(OC)c(OC)c1)C(C)C. The number of rotatable bonds is 14. The van der Waals surface area contributed by atoms with Crippen LogP contribution in [0.2, 0.25) is 0 Å². The van der Waals surface area contributed by atoms with E-state index in [1.807, 2.05) is 36.4 Å². The Morgan fingerprint density at radius 2 is 1.48 bits per heavy atom. The van der Waals surface area contributed by atoms with E-state index in [2.05, 4.69) is 25.2 Å². The van der Waals surface area contributed by atoms with Crippen LogP contribution in [0.3, 0.4) is 0 Å². The van der Waals surface area contributed by atoms with Crippen LogP contribution in [0.25, 0.3) is 0 Å². The van der Waals surface area contributed by atoms with E-state index < -0.39 is 5.41 Å². The molecule has 0 aliphatic carbocycles. The fourth-order valence-corrected chi connectivity index (χ4v) is 3.94. The Labute approximate surface area is 197 Å². The summed E-state index contributed by atoms with van der Waals surface area (Å²) in [6, 6.07) is 14.0. The molecule has 2 aromatic carbocycles. The topological polar surface area (TPSA) is 82.0 Å². The summed E-state index contributed by atoms with van der Waals surface area (Å²) >= 11 is 0. The molecule has 0 heterocycles. The number of nitrogens with zero attached hydrogens (tertiary/aromatic N) is 1. The number of benzene rings is 2. The van der Waals surface area contributed by atoms with Crippen LogP contribution in [-0.2, 0) is 5.41 Å². The first-order chi connectivity index (χ1) is 16.0. The van der Waals surface area contributed by atoms with Crippen molar-refractivity contribution in [3.05, 3.63) is 42.0 Å². The Morgan fingerprint density at radius 1 is 0.879 bits per heavy atom. The Morgan fingerprint density at radius 3 is 2.00 bits per heavy atom. The van der Waals surface area contributed by atoms with E-state index in [4.69, 9.17) is 23.7 Å². The fourth-order valence-electron chi connectivity index (χ4n) is 3.94. The van der Waals surface area contributed by atoms with Crippen molar-refractivity contribution >= 4 is 0 Å². The average molecular weight is 457 g/mol. The van der Waals surface area contributed by atoms with E-state index in [0.717, 1.165) is 30.0 Å². The minimum atomic E-state index is -0.678. The highest BCUT2D eigenvalue weighted by atomic mass is 16.5. The molecule has 180 valence electrons. The van der Waals surface area contributed by atoms with Crippen molar-refractivity contribution in [1.29, 1.82) is 5.26 Å². The number of hydrogen-bond donors (Lipinski definition) is 1. The van der Waals surface area contributed by atoms with Crippen LogP contribution in [0.5, 0.6) is 28.7 Å². The highest BCUT2D eigenvalue weighted by Crippen LogP contribution is 2.45. The van der Waals surface area contributed by atoms with Crippen molar-refractivity contribution in [3.63, 3.8) is 0 Å². The van der Waals surface area contributed by atoms with Gasteiger partial charge in [-0.2, -0.15) is 5.26 Å². The van der Waals surface area contributed by atoms with Gasteiger partial charge in [0.25, 0.3) is 0 Å². The molecule has 33 heavy (non-hydrogen) atoms. The van der Waals surface area contributed by atoms with Gasteiger partial charge in [0.1, 0.15) is 6.61 Å². The Bertz CT molecular complexity index is 900. The Hall–Kier alpha value is -3.11. The molecule has 0 fully saturated rings. The van der Waals surface area contributed by atoms with Crippen LogP contribution in [0.1, 0.15) is 32.3 Å². The van der Waals surface area contributed by atoms with Crippen LogP contribution in [0.15, 0.2) is 36.4 Å². The zero-order chi connectivity index (χ0) is 24.3. The van der Waals surface area contributed by atoms with Gasteiger partial charge in [0, 0.05) is 6.54 Å². The van der Waals surface area contributed by atoms with E-state index in [-0.39, 0.29) is 5.92 Å². The number of nitrogens with one attached hydrogen (secondary N) is 1. The molecule has 2 rings (SSSR count). The molecule has 0 saturated heterocycles. The molecule has 0 bridgehead atoms. The molecule has 7 heteroatoms. The second-order valence-electron chi connectivity index (χ2n) is 8.00. The van der Waals surface area contributed by atoms with Crippen LogP contribution < -0.4 is 29.0 Å². The van der Waals surface area contributed by atoms with E-state index >= 15 is 0 Å². The van der Waals surface area contributed by atoms with Crippen LogP contribution in [-0.4, -0.2) is 48.1 Å². The molecule has 1 atom stereocenters. The molecule has 0 aliphatic rings. The summed E-state index contributed by atoms with van der Waals surface area (Å²) < 4.78 is 27.6. The number of para-hydroxylation sites is 2. The van der Waals surface area contributed by atoms with Crippen molar-refractivity contribution in [2.24, 2.45) is 5.92 Å². The molecular weight excluding hydrogens is 420 g/mol. The molecule has 2 aromatic rings. The maximum Gasteiger partial charge on any atom is 0.203 e. The Balaban J connectivity index is 2.00. The summed E-state index contributed by atoms with van der Waals surface area (Å²) in [5.74, 6) is 3.18. The first-order valence-corrected chi connectivity index (χ1v) is 11.2. The lowest BCUT2D eigenvalue weighted by Crippen LogP contribution is -2.32. The van der Waals surface area contributed by atoms with Gasteiger partial charge < -0.3 is 29.0 Å². The predicted molar refractivity (Wildman–Crippen MR) is 129 cm³/mol. The van der Waals surface area contributed by atoms with Gasteiger partial charge in [-0.3, -0.25) is 0 Å². The molecule has 0 aromatic heterocycles. The third kappa shape index (κ3) is 6.23. The number of methoxy groups -OCH3 is 4. The van der Waals surface area contributed by atoms with Crippen molar-refractivity contribution in [3.8, 4) is 34.8 Å². The average Bonchev–Trinajstić information content (AvgIpc) is 2.84. The molecule has 1 N–H and O–H groups in total. The lowest BCUT2D eigenvalue weighted by atomic mass is 9.69. The van der Waals surface area contributed by atoms with Gasteiger partial charge in [-0.1, -0.05) is 26.0 Å². The van der Waals surface area contributed by atoms with Gasteiger partial charge in [0.05, 0.1) is 39.9 Å². The van der Waals surface area contributed by atoms with Crippen molar-refractivity contribution in [2.45, 2.75) is 32.1 Å². The summed E-state index contributed by atoms with van der Waals surface area (Å²) in [7, 11) is 6.37. The molecule has 0 spiro atoms. The van der Waals surface area contributed by atoms with Crippen molar-refractivity contribution in [1.82, 2.24) is 5.32 Å². The summed E-state index contributed by atoms with van der Waals surface area (Å²) in [4.78, 5) is 0. The fraction of sp³-hybridized carbons (Fsp3) is 0.500. The first kappa shape index (κ1) is 26.1. The van der Waals surface area contributed by atoms with Gasteiger partial charge in [0.2, 0.25) is 5.75 Å². The van der Waals surface area contributed by atoms with Crippen LogP contribution in [0.4, 0.5) is 0 Å². The standard InChI is InChI=1S/C26H36N2O5/c1-19(2)26(18-27,20-16-23(30-4)25(32-6)24(17-20)31-5)12-9-13-28-14-15-33-22-11-8-7-10-21(22)29-3/h7-8,10-11,16-17,19,28H,9,12-15H2,1-6H3. The predicted octanol–water partition coefficient (Wildman–Crippen LogP) is 4.59. The van der Waals surface area contributed by atoms with Gasteiger partial charge in [-0.05, 0) is 55.1 Å². The zero-order valence-corrected chi connectivity index (χ0v) is 20.6. The van der Waals surface area contributed by atoms with Crippen LogP contribution >= 0.6 is 0 Å². The highest BCUT2D eigenvalue weighted by Gasteiger charge is 2.37. The van der Waals surface area contributed by atoms with Crippen LogP contribution in [0, 0.1) is 17.2 Å². The number of hydrogen-bond acceptors (Lipinski definition) is 7. The quantitative estimate of drug-likeness (QED) is 0.417.